The van der Waals surface area contributed by atoms with E-state index in [4.69, 9.17) is 0 Å². The fourth-order valence-electron chi connectivity index (χ4n) is 3.30. The summed E-state index contributed by atoms with van der Waals surface area (Å²) >= 11 is 1.55. The van der Waals surface area contributed by atoms with Crippen LogP contribution in [0.15, 0.2) is 12.1 Å². The number of hydrogen-bond acceptors (Lipinski definition) is 3. The molecule has 0 bridgehead atoms. The molecule has 0 saturated carbocycles. The second kappa shape index (κ2) is 5.20. The van der Waals surface area contributed by atoms with E-state index in [0.29, 0.717) is 6.54 Å². The molecule has 0 aliphatic carbocycles. The number of thiophene rings is 1. The molecule has 5 heteroatoms. The minimum absolute atomic E-state index is 0.124. The van der Waals surface area contributed by atoms with Gasteiger partial charge < -0.3 is 10.2 Å². The summed E-state index contributed by atoms with van der Waals surface area (Å²) in [5.41, 5.74) is -0.208. The lowest BCUT2D eigenvalue weighted by Crippen LogP contribution is -2.34. The highest BCUT2D eigenvalue weighted by Crippen LogP contribution is 2.38. The average molecular weight is 292 g/mol. The Kier molecular flexibility index (Phi) is 3.54. The summed E-state index contributed by atoms with van der Waals surface area (Å²) in [7, 11) is 0. The van der Waals surface area contributed by atoms with Gasteiger partial charge in [-0.05, 0) is 44.7 Å². The Labute approximate surface area is 123 Å². The number of carbonyl (C=O) groups is 2. The number of aryl methyl sites for hydroxylation is 1. The smallest absolute Gasteiger partial charge is 0.263 e. The third-order valence-corrected chi connectivity index (χ3v) is 5.54. The van der Waals surface area contributed by atoms with Gasteiger partial charge in [0.1, 0.15) is 0 Å². The van der Waals surface area contributed by atoms with Crippen molar-refractivity contribution in [3.05, 3.63) is 21.9 Å². The molecule has 2 saturated heterocycles. The van der Waals surface area contributed by atoms with Crippen molar-refractivity contribution in [2.24, 2.45) is 5.41 Å². The Morgan fingerprint density at radius 3 is 2.80 bits per heavy atom. The highest BCUT2D eigenvalue weighted by molar-refractivity contribution is 7.13. The summed E-state index contributed by atoms with van der Waals surface area (Å²) in [6.07, 6.45) is 3.55. The van der Waals surface area contributed by atoms with Gasteiger partial charge >= 0.3 is 0 Å². The number of rotatable bonds is 1. The first-order valence-electron chi connectivity index (χ1n) is 7.25. The van der Waals surface area contributed by atoms with Crippen molar-refractivity contribution < 1.29 is 9.59 Å². The van der Waals surface area contributed by atoms with Crippen molar-refractivity contribution in [3.63, 3.8) is 0 Å². The summed E-state index contributed by atoms with van der Waals surface area (Å²) in [6, 6.07) is 3.90. The van der Waals surface area contributed by atoms with Gasteiger partial charge in [0, 0.05) is 24.5 Å². The van der Waals surface area contributed by atoms with Gasteiger partial charge in [0.2, 0.25) is 5.91 Å². The van der Waals surface area contributed by atoms with Gasteiger partial charge in [0.05, 0.1) is 10.3 Å². The maximum atomic E-state index is 12.5. The molecule has 20 heavy (non-hydrogen) atoms. The highest BCUT2D eigenvalue weighted by Gasteiger charge is 2.43. The van der Waals surface area contributed by atoms with E-state index < -0.39 is 0 Å². The van der Waals surface area contributed by atoms with Gasteiger partial charge in [-0.2, -0.15) is 0 Å². The average Bonchev–Trinajstić information content (AvgIpc) is 2.93. The van der Waals surface area contributed by atoms with E-state index in [1.165, 1.54) is 0 Å². The van der Waals surface area contributed by atoms with Crippen LogP contribution in [-0.2, 0) is 4.79 Å². The van der Waals surface area contributed by atoms with Crippen LogP contribution in [-0.4, -0.2) is 36.3 Å². The number of nitrogens with one attached hydrogen (secondary N) is 1. The molecule has 1 atom stereocenters. The third-order valence-electron chi connectivity index (χ3n) is 4.55. The lowest BCUT2D eigenvalue weighted by molar-refractivity contribution is -0.128. The number of nitrogens with zero attached hydrogens (tertiary/aromatic N) is 1. The van der Waals surface area contributed by atoms with Gasteiger partial charge in [0.15, 0.2) is 0 Å². The van der Waals surface area contributed by atoms with Crippen molar-refractivity contribution in [3.8, 4) is 0 Å². The van der Waals surface area contributed by atoms with E-state index in [9.17, 15) is 9.59 Å². The fraction of sp³-hybridized carbons (Fsp3) is 0.600. The lowest BCUT2D eigenvalue weighted by atomic mass is 9.79. The molecule has 2 amide bonds. The van der Waals surface area contributed by atoms with Crippen molar-refractivity contribution >= 4 is 23.2 Å². The molecule has 2 aliphatic rings. The molecule has 4 nitrogen and oxygen atoms in total. The Hall–Kier alpha value is -1.36. The molecule has 0 aromatic carbocycles. The molecule has 1 N–H and O–H groups in total. The quantitative estimate of drug-likeness (QED) is 0.862. The van der Waals surface area contributed by atoms with Crippen molar-refractivity contribution in [1.82, 2.24) is 10.2 Å². The van der Waals surface area contributed by atoms with Crippen molar-refractivity contribution in [2.75, 3.05) is 19.6 Å². The zero-order valence-electron chi connectivity index (χ0n) is 11.8. The van der Waals surface area contributed by atoms with E-state index in [1.807, 2.05) is 24.0 Å². The first-order chi connectivity index (χ1) is 9.61. The second-order valence-electron chi connectivity index (χ2n) is 5.84. The van der Waals surface area contributed by atoms with E-state index in [1.54, 1.807) is 11.3 Å². The zero-order chi connectivity index (χ0) is 14.2. The lowest BCUT2D eigenvalue weighted by Gasteiger charge is -2.24. The van der Waals surface area contributed by atoms with Gasteiger partial charge in [0.25, 0.3) is 5.91 Å². The molecule has 3 heterocycles. The molecule has 0 unspecified atom stereocenters. The number of likely N-dealkylation sites (tertiary alicyclic amines) is 1. The fourth-order valence-corrected chi connectivity index (χ4v) is 4.13. The Morgan fingerprint density at radius 1 is 1.30 bits per heavy atom. The maximum Gasteiger partial charge on any atom is 0.263 e. The van der Waals surface area contributed by atoms with Crippen molar-refractivity contribution in [2.45, 2.75) is 32.6 Å². The van der Waals surface area contributed by atoms with Gasteiger partial charge in [-0.1, -0.05) is 0 Å². The maximum absolute atomic E-state index is 12.5. The minimum atomic E-state index is -0.208. The largest absolute Gasteiger partial charge is 0.356 e. The van der Waals surface area contributed by atoms with Gasteiger partial charge in [-0.15, -0.1) is 11.3 Å². The monoisotopic (exact) mass is 292 g/mol. The van der Waals surface area contributed by atoms with Crippen LogP contribution in [0, 0.1) is 12.3 Å². The predicted molar refractivity (Wildman–Crippen MR) is 78.9 cm³/mol. The first-order valence-corrected chi connectivity index (χ1v) is 8.06. The normalized spacial score (nSPS) is 26.6. The molecule has 0 radical (unpaired) electrons. The second-order valence-corrected chi connectivity index (χ2v) is 7.13. The first kappa shape index (κ1) is 13.6. The molecule has 2 fully saturated rings. The number of amides is 2. The summed E-state index contributed by atoms with van der Waals surface area (Å²) in [5, 5.41) is 2.95. The van der Waals surface area contributed by atoms with Crippen LogP contribution in [0.3, 0.4) is 0 Å². The van der Waals surface area contributed by atoms with E-state index in [2.05, 4.69) is 5.32 Å². The van der Waals surface area contributed by atoms with Crippen LogP contribution >= 0.6 is 11.3 Å². The summed E-state index contributed by atoms with van der Waals surface area (Å²) in [5.74, 6) is 0.317. The number of carbonyl (C=O) groups excluding carboxylic acids is 2. The molecule has 2 aliphatic heterocycles. The molecule has 1 aromatic rings. The Bertz CT molecular complexity index is 540. The summed E-state index contributed by atoms with van der Waals surface area (Å²) in [6.45, 7) is 4.27. The predicted octanol–water partition coefficient (Wildman–Crippen LogP) is 2.19. The summed E-state index contributed by atoms with van der Waals surface area (Å²) < 4.78 is 0. The molecule has 1 aromatic heterocycles. The van der Waals surface area contributed by atoms with E-state index in [-0.39, 0.29) is 17.2 Å². The van der Waals surface area contributed by atoms with Crippen LogP contribution in [0.2, 0.25) is 0 Å². The van der Waals surface area contributed by atoms with Crippen LogP contribution in [0.4, 0.5) is 0 Å². The SMILES string of the molecule is Cc1ccc(C(=O)N2CCC[C@@]3(CCNC3=O)CC2)s1. The highest BCUT2D eigenvalue weighted by atomic mass is 32.1. The standard InChI is InChI=1S/C15H20N2O2S/c1-11-3-4-12(20-11)13(18)17-9-2-5-15(7-10-17)6-8-16-14(15)19/h3-4H,2,5-10H2,1H3,(H,16,19)/t15-/m1/s1. The summed E-state index contributed by atoms with van der Waals surface area (Å²) in [4.78, 5) is 28.4. The van der Waals surface area contributed by atoms with Crippen LogP contribution < -0.4 is 5.32 Å². The third kappa shape index (κ3) is 2.35. The topological polar surface area (TPSA) is 49.4 Å². The zero-order valence-corrected chi connectivity index (χ0v) is 12.6. The molecule has 108 valence electrons. The van der Waals surface area contributed by atoms with E-state index in [0.717, 1.165) is 48.5 Å². The molecular formula is C15H20N2O2S. The molecular weight excluding hydrogens is 272 g/mol. The molecule has 3 rings (SSSR count). The van der Waals surface area contributed by atoms with Crippen molar-refractivity contribution in [1.29, 1.82) is 0 Å². The van der Waals surface area contributed by atoms with E-state index >= 15 is 0 Å². The number of hydrogen-bond donors (Lipinski definition) is 1. The van der Waals surface area contributed by atoms with Crippen LogP contribution in [0.1, 0.15) is 40.2 Å². The van der Waals surface area contributed by atoms with Gasteiger partial charge in [-0.3, -0.25) is 9.59 Å². The Morgan fingerprint density at radius 2 is 2.15 bits per heavy atom. The minimum Gasteiger partial charge on any atom is -0.356 e. The van der Waals surface area contributed by atoms with Crippen LogP contribution in [0.5, 0.6) is 0 Å². The molecule has 1 spiro atoms. The van der Waals surface area contributed by atoms with Gasteiger partial charge in [-0.25, -0.2) is 0 Å². The van der Waals surface area contributed by atoms with Crippen LogP contribution in [0.25, 0.3) is 0 Å². The Balaban J connectivity index is 1.71.